The summed E-state index contributed by atoms with van der Waals surface area (Å²) in [6.07, 6.45) is 0. The molecule has 0 aliphatic heterocycles. The van der Waals surface area contributed by atoms with Crippen LogP contribution in [0.5, 0.6) is 0 Å². The largest absolute Gasteiger partial charge is 0.480 e. The molecule has 0 saturated carbocycles. The van der Waals surface area contributed by atoms with E-state index in [-0.39, 0.29) is 12.5 Å². The standard InChI is InChI=1S/C13H18N2O4/c1-9(16)15-12(13(17)18)7-14-11-5-3-4-10(6-11)8-19-2/h3-6,12,14H,7-8H2,1-2H3,(H,15,16)(H,17,18). The van der Waals surface area contributed by atoms with Crippen LogP contribution >= 0.6 is 0 Å². The Balaban J connectivity index is 2.60. The summed E-state index contributed by atoms with van der Waals surface area (Å²) >= 11 is 0. The Morgan fingerprint density at radius 1 is 1.42 bits per heavy atom. The van der Waals surface area contributed by atoms with Gasteiger partial charge in [-0.25, -0.2) is 4.79 Å². The fourth-order valence-electron chi connectivity index (χ4n) is 1.60. The lowest BCUT2D eigenvalue weighted by Gasteiger charge is -2.15. The number of aliphatic carboxylic acids is 1. The quantitative estimate of drug-likeness (QED) is 0.680. The molecule has 104 valence electrons. The van der Waals surface area contributed by atoms with E-state index in [9.17, 15) is 9.59 Å². The highest BCUT2D eigenvalue weighted by Crippen LogP contribution is 2.11. The lowest BCUT2D eigenvalue weighted by molar-refractivity contribution is -0.141. The molecule has 6 heteroatoms. The average Bonchev–Trinajstić information content (AvgIpc) is 2.34. The number of hydrogen-bond acceptors (Lipinski definition) is 4. The van der Waals surface area contributed by atoms with Crippen molar-refractivity contribution in [2.24, 2.45) is 0 Å². The van der Waals surface area contributed by atoms with Crippen LogP contribution in [0.25, 0.3) is 0 Å². The first kappa shape index (κ1) is 15.0. The molecule has 1 amide bonds. The maximum absolute atomic E-state index is 11.0. The zero-order valence-electron chi connectivity index (χ0n) is 11.0. The number of rotatable bonds is 7. The average molecular weight is 266 g/mol. The van der Waals surface area contributed by atoms with E-state index in [1.807, 2.05) is 24.3 Å². The Labute approximate surface area is 111 Å². The topological polar surface area (TPSA) is 87.7 Å². The second-order valence-electron chi connectivity index (χ2n) is 4.11. The Morgan fingerprint density at radius 3 is 2.74 bits per heavy atom. The van der Waals surface area contributed by atoms with Gasteiger partial charge in [0.1, 0.15) is 6.04 Å². The molecule has 1 aromatic carbocycles. The maximum Gasteiger partial charge on any atom is 0.328 e. The Bertz CT molecular complexity index is 448. The molecular formula is C13H18N2O4. The van der Waals surface area contributed by atoms with Crippen molar-refractivity contribution in [3.8, 4) is 0 Å². The van der Waals surface area contributed by atoms with Gasteiger partial charge in [0, 0.05) is 26.3 Å². The molecule has 0 radical (unpaired) electrons. The minimum Gasteiger partial charge on any atom is -0.480 e. The number of anilines is 1. The monoisotopic (exact) mass is 266 g/mol. The molecule has 0 saturated heterocycles. The van der Waals surface area contributed by atoms with Crippen LogP contribution in [0.3, 0.4) is 0 Å². The molecule has 1 unspecified atom stereocenters. The van der Waals surface area contributed by atoms with Gasteiger partial charge in [0.25, 0.3) is 0 Å². The molecule has 0 fully saturated rings. The molecule has 0 spiro atoms. The van der Waals surface area contributed by atoms with Crippen molar-refractivity contribution in [1.29, 1.82) is 0 Å². The number of hydrogen-bond donors (Lipinski definition) is 3. The molecule has 1 aromatic rings. The van der Waals surface area contributed by atoms with Crippen molar-refractivity contribution in [1.82, 2.24) is 5.32 Å². The van der Waals surface area contributed by atoms with Gasteiger partial charge in [-0.3, -0.25) is 4.79 Å². The van der Waals surface area contributed by atoms with Crippen molar-refractivity contribution in [3.63, 3.8) is 0 Å². The number of ether oxygens (including phenoxy) is 1. The fraction of sp³-hybridized carbons (Fsp3) is 0.385. The van der Waals surface area contributed by atoms with E-state index in [1.165, 1.54) is 6.92 Å². The summed E-state index contributed by atoms with van der Waals surface area (Å²) in [4.78, 5) is 21.8. The molecule has 0 aliphatic carbocycles. The second-order valence-corrected chi connectivity index (χ2v) is 4.11. The lowest BCUT2D eigenvalue weighted by Crippen LogP contribution is -2.44. The van der Waals surface area contributed by atoms with Crippen LogP contribution in [0.2, 0.25) is 0 Å². The predicted octanol–water partition coefficient (Wildman–Crippen LogP) is 0.834. The number of carboxylic acids is 1. The van der Waals surface area contributed by atoms with Crippen molar-refractivity contribution < 1.29 is 19.4 Å². The first-order valence-corrected chi connectivity index (χ1v) is 5.84. The number of nitrogens with one attached hydrogen (secondary N) is 2. The molecule has 6 nitrogen and oxygen atoms in total. The second kappa shape index (κ2) is 7.38. The summed E-state index contributed by atoms with van der Waals surface area (Å²) in [5.74, 6) is -1.45. The van der Waals surface area contributed by atoms with Crippen molar-refractivity contribution in [2.75, 3.05) is 19.0 Å². The molecule has 1 atom stereocenters. The minimum absolute atomic E-state index is 0.116. The van der Waals surface area contributed by atoms with Gasteiger partial charge in [0.05, 0.1) is 6.61 Å². The van der Waals surface area contributed by atoms with Crippen LogP contribution in [0.1, 0.15) is 12.5 Å². The van der Waals surface area contributed by atoms with E-state index in [0.29, 0.717) is 6.61 Å². The summed E-state index contributed by atoms with van der Waals surface area (Å²) in [6, 6.07) is 6.51. The minimum atomic E-state index is -1.07. The van der Waals surface area contributed by atoms with E-state index in [4.69, 9.17) is 9.84 Å². The maximum atomic E-state index is 11.0. The molecular weight excluding hydrogens is 248 g/mol. The third-order valence-electron chi connectivity index (χ3n) is 2.42. The van der Waals surface area contributed by atoms with E-state index < -0.39 is 12.0 Å². The van der Waals surface area contributed by atoms with Gasteiger partial charge in [0.15, 0.2) is 0 Å². The van der Waals surface area contributed by atoms with Crippen molar-refractivity contribution in [3.05, 3.63) is 29.8 Å². The Hall–Kier alpha value is -2.08. The molecule has 19 heavy (non-hydrogen) atoms. The number of carboxylic acid groups (broad SMARTS) is 1. The smallest absolute Gasteiger partial charge is 0.328 e. The predicted molar refractivity (Wildman–Crippen MR) is 70.9 cm³/mol. The van der Waals surface area contributed by atoms with E-state index >= 15 is 0 Å². The van der Waals surface area contributed by atoms with Gasteiger partial charge in [-0.1, -0.05) is 12.1 Å². The van der Waals surface area contributed by atoms with E-state index in [2.05, 4.69) is 10.6 Å². The normalized spacial score (nSPS) is 11.7. The summed E-state index contributed by atoms with van der Waals surface area (Å²) < 4.78 is 5.02. The molecule has 3 N–H and O–H groups in total. The summed E-state index contributed by atoms with van der Waals surface area (Å²) in [6.45, 7) is 1.89. The highest BCUT2D eigenvalue weighted by Gasteiger charge is 2.17. The van der Waals surface area contributed by atoms with Crippen LogP contribution in [-0.4, -0.2) is 36.7 Å². The zero-order valence-corrected chi connectivity index (χ0v) is 11.0. The van der Waals surface area contributed by atoms with Gasteiger partial charge < -0.3 is 20.5 Å². The van der Waals surface area contributed by atoms with Gasteiger partial charge in [-0.05, 0) is 17.7 Å². The highest BCUT2D eigenvalue weighted by atomic mass is 16.5. The summed E-state index contributed by atoms with van der Waals surface area (Å²) in [5, 5.41) is 14.3. The summed E-state index contributed by atoms with van der Waals surface area (Å²) in [7, 11) is 1.61. The number of methoxy groups -OCH3 is 1. The molecule has 0 aromatic heterocycles. The lowest BCUT2D eigenvalue weighted by atomic mass is 10.2. The van der Waals surface area contributed by atoms with Gasteiger partial charge in [-0.15, -0.1) is 0 Å². The number of carbonyl (C=O) groups is 2. The van der Waals surface area contributed by atoms with Crippen molar-refractivity contribution in [2.45, 2.75) is 19.6 Å². The van der Waals surface area contributed by atoms with Crippen LogP contribution in [0.15, 0.2) is 24.3 Å². The van der Waals surface area contributed by atoms with Gasteiger partial charge in [0.2, 0.25) is 5.91 Å². The first-order valence-electron chi connectivity index (χ1n) is 5.84. The fourth-order valence-corrected chi connectivity index (χ4v) is 1.60. The van der Waals surface area contributed by atoms with Crippen LogP contribution < -0.4 is 10.6 Å². The molecule has 0 bridgehead atoms. The Morgan fingerprint density at radius 2 is 2.16 bits per heavy atom. The van der Waals surface area contributed by atoms with Crippen LogP contribution in [0, 0.1) is 0 Å². The molecule has 0 heterocycles. The zero-order chi connectivity index (χ0) is 14.3. The number of benzene rings is 1. The third kappa shape index (κ3) is 5.39. The Kier molecular flexibility index (Phi) is 5.81. The summed E-state index contributed by atoms with van der Waals surface area (Å²) in [5.41, 5.74) is 1.77. The van der Waals surface area contributed by atoms with Crippen LogP contribution in [-0.2, 0) is 20.9 Å². The van der Waals surface area contributed by atoms with E-state index in [1.54, 1.807) is 7.11 Å². The SMILES string of the molecule is COCc1cccc(NCC(NC(C)=O)C(=O)O)c1. The van der Waals surface area contributed by atoms with Crippen LogP contribution in [0.4, 0.5) is 5.69 Å². The van der Waals surface area contributed by atoms with Gasteiger partial charge in [-0.2, -0.15) is 0 Å². The first-order chi connectivity index (χ1) is 9.02. The van der Waals surface area contributed by atoms with Gasteiger partial charge >= 0.3 is 5.97 Å². The molecule has 0 aliphatic rings. The number of amides is 1. The van der Waals surface area contributed by atoms with E-state index in [0.717, 1.165) is 11.3 Å². The molecule has 1 rings (SSSR count). The third-order valence-corrected chi connectivity index (χ3v) is 2.42. The number of carbonyl (C=O) groups excluding carboxylic acids is 1. The van der Waals surface area contributed by atoms with Crippen molar-refractivity contribution >= 4 is 17.6 Å². The highest BCUT2D eigenvalue weighted by molar-refractivity contribution is 5.82.